The number of fused-ring (bicyclic) bond motifs is 1. The average molecular weight is 492 g/mol. The number of rotatable bonds is 5. The number of aromatic amines is 1. The molecule has 1 aliphatic rings. The largest absolute Gasteiger partial charge is 0.507 e. The number of amides is 1. The summed E-state index contributed by atoms with van der Waals surface area (Å²) in [5.74, 6) is 0.953. The maximum atomic E-state index is 13.7. The van der Waals surface area contributed by atoms with E-state index >= 15 is 0 Å². The molecule has 0 fully saturated rings. The maximum absolute atomic E-state index is 13.7. The van der Waals surface area contributed by atoms with Crippen LogP contribution in [0.5, 0.6) is 5.75 Å². The Morgan fingerprint density at radius 2 is 1.71 bits per heavy atom. The van der Waals surface area contributed by atoms with Gasteiger partial charge in [-0.2, -0.15) is 5.21 Å². The van der Waals surface area contributed by atoms with Crippen molar-refractivity contribution in [3.63, 3.8) is 0 Å². The molecule has 0 unspecified atom stereocenters. The Bertz CT molecular complexity index is 1220. The summed E-state index contributed by atoms with van der Waals surface area (Å²) in [4.78, 5) is 17.2. The quantitative estimate of drug-likeness (QED) is 0.450. The standard InChI is InChI=1S/C27H33N5O2S/c1-26(2,3)18-14-17(15-19(24(18)33)27(4,5)6)16-22-25(34)32(13-9-12-23-28-30-31-29-23)20-10-7-8-11-21(20)35-22/h7-8,10-11,14-16,33H,9,12-13H2,1-6H3,(H,28,29,30,31)/b22-16-. The fourth-order valence-electron chi connectivity index (χ4n) is 4.20. The highest BCUT2D eigenvalue weighted by molar-refractivity contribution is 8.04. The van der Waals surface area contributed by atoms with Gasteiger partial charge in [0.15, 0.2) is 5.82 Å². The molecule has 1 aromatic heterocycles. The third-order valence-corrected chi connectivity index (χ3v) is 7.13. The van der Waals surface area contributed by atoms with E-state index in [0.29, 0.717) is 29.4 Å². The van der Waals surface area contributed by atoms with Crippen LogP contribution in [0.3, 0.4) is 0 Å². The summed E-state index contributed by atoms with van der Waals surface area (Å²) >= 11 is 1.49. The number of nitrogens with one attached hydrogen (secondary N) is 1. The van der Waals surface area contributed by atoms with Gasteiger partial charge in [-0.05, 0) is 53.2 Å². The topological polar surface area (TPSA) is 95.0 Å². The lowest BCUT2D eigenvalue weighted by molar-refractivity contribution is -0.114. The zero-order valence-electron chi connectivity index (χ0n) is 21.2. The smallest absolute Gasteiger partial charge is 0.265 e. The Kier molecular flexibility index (Phi) is 6.77. The summed E-state index contributed by atoms with van der Waals surface area (Å²) in [6.45, 7) is 13.1. The molecule has 0 saturated carbocycles. The summed E-state index contributed by atoms with van der Waals surface area (Å²) in [6.07, 6.45) is 3.31. The average Bonchev–Trinajstić information content (AvgIpc) is 3.29. The molecule has 0 bridgehead atoms. The number of carbonyl (C=O) groups is 1. The van der Waals surface area contributed by atoms with Crippen molar-refractivity contribution in [3.8, 4) is 5.75 Å². The number of aryl methyl sites for hydroxylation is 1. The van der Waals surface area contributed by atoms with Gasteiger partial charge in [0.05, 0.1) is 10.6 Å². The van der Waals surface area contributed by atoms with Gasteiger partial charge in [-0.25, -0.2) is 0 Å². The van der Waals surface area contributed by atoms with Crippen molar-refractivity contribution in [1.29, 1.82) is 0 Å². The minimum absolute atomic E-state index is 0.0236. The van der Waals surface area contributed by atoms with Crippen LogP contribution in [-0.2, 0) is 22.0 Å². The molecule has 0 spiro atoms. The third-order valence-electron chi connectivity index (χ3n) is 6.05. The molecule has 0 saturated heterocycles. The lowest BCUT2D eigenvalue weighted by Gasteiger charge is -2.31. The van der Waals surface area contributed by atoms with Crippen LogP contribution in [0.15, 0.2) is 46.2 Å². The van der Waals surface area contributed by atoms with E-state index in [1.807, 2.05) is 47.4 Å². The Morgan fingerprint density at radius 3 is 2.31 bits per heavy atom. The molecule has 0 radical (unpaired) electrons. The number of thioether (sulfide) groups is 1. The zero-order chi connectivity index (χ0) is 25.4. The number of phenolic OH excluding ortho intramolecular Hbond substituents is 1. The molecule has 4 rings (SSSR count). The number of aromatic nitrogens is 4. The minimum atomic E-state index is -0.240. The predicted molar refractivity (Wildman–Crippen MR) is 141 cm³/mol. The molecule has 2 N–H and O–H groups in total. The van der Waals surface area contributed by atoms with Gasteiger partial charge in [0.2, 0.25) is 0 Å². The van der Waals surface area contributed by atoms with E-state index < -0.39 is 0 Å². The fraction of sp³-hybridized carbons (Fsp3) is 0.407. The van der Waals surface area contributed by atoms with E-state index in [4.69, 9.17) is 0 Å². The van der Waals surface area contributed by atoms with Crippen molar-refractivity contribution in [1.82, 2.24) is 20.6 Å². The molecular weight excluding hydrogens is 458 g/mol. The highest BCUT2D eigenvalue weighted by atomic mass is 32.2. The number of hydrogen-bond acceptors (Lipinski definition) is 6. The monoisotopic (exact) mass is 491 g/mol. The molecule has 184 valence electrons. The summed E-state index contributed by atoms with van der Waals surface area (Å²) in [5.41, 5.74) is 3.11. The molecule has 2 heterocycles. The summed E-state index contributed by atoms with van der Waals surface area (Å²) in [5, 5.41) is 25.2. The van der Waals surface area contributed by atoms with Crippen LogP contribution < -0.4 is 4.90 Å². The van der Waals surface area contributed by atoms with Crippen LogP contribution in [-0.4, -0.2) is 38.2 Å². The number of anilines is 1. The van der Waals surface area contributed by atoms with E-state index in [1.165, 1.54) is 11.8 Å². The van der Waals surface area contributed by atoms with Crippen molar-refractivity contribution < 1.29 is 9.90 Å². The van der Waals surface area contributed by atoms with Crippen LogP contribution in [0.1, 0.15) is 70.5 Å². The van der Waals surface area contributed by atoms with Gasteiger partial charge in [-0.3, -0.25) is 4.79 Å². The van der Waals surface area contributed by atoms with Crippen molar-refractivity contribution in [2.24, 2.45) is 0 Å². The van der Waals surface area contributed by atoms with Crippen LogP contribution in [0, 0.1) is 0 Å². The van der Waals surface area contributed by atoms with E-state index in [-0.39, 0.29) is 16.7 Å². The Labute approximate surface area is 211 Å². The first kappa shape index (κ1) is 25.0. The second kappa shape index (κ2) is 9.49. The van der Waals surface area contributed by atoms with E-state index in [9.17, 15) is 9.90 Å². The van der Waals surface area contributed by atoms with Gasteiger partial charge in [-0.15, -0.1) is 10.2 Å². The first-order valence-electron chi connectivity index (χ1n) is 11.9. The molecule has 3 aromatic rings. The normalized spacial score (nSPS) is 15.5. The second-order valence-electron chi connectivity index (χ2n) is 10.9. The summed E-state index contributed by atoms with van der Waals surface area (Å²) < 4.78 is 0. The van der Waals surface area contributed by atoms with Gasteiger partial charge in [-0.1, -0.05) is 70.7 Å². The molecule has 8 heteroatoms. The molecule has 1 amide bonds. The lowest BCUT2D eigenvalue weighted by Crippen LogP contribution is -2.35. The number of nitrogens with zero attached hydrogens (tertiary/aromatic N) is 4. The van der Waals surface area contributed by atoms with E-state index in [1.54, 1.807) is 0 Å². The number of para-hydroxylation sites is 1. The Morgan fingerprint density at radius 1 is 1.06 bits per heavy atom. The number of aromatic hydroxyl groups is 1. The van der Waals surface area contributed by atoms with Gasteiger partial charge in [0.1, 0.15) is 5.75 Å². The molecule has 7 nitrogen and oxygen atoms in total. The number of carbonyl (C=O) groups excluding carboxylic acids is 1. The summed E-state index contributed by atoms with van der Waals surface area (Å²) in [6, 6.07) is 12.0. The number of benzene rings is 2. The maximum Gasteiger partial charge on any atom is 0.265 e. The van der Waals surface area contributed by atoms with E-state index in [2.05, 4.69) is 62.2 Å². The van der Waals surface area contributed by atoms with Gasteiger partial charge in [0, 0.05) is 29.0 Å². The SMILES string of the molecule is CC(C)(C)c1cc(/C=C2\Sc3ccccc3N(CCCc3nn[nH]n3)C2=O)cc(C(C)(C)C)c1O. The molecule has 35 heavy (non-hydrogen) atoms. The molecule has 0 aliphatic carbocycles. The number of tetrazole rings is 1. The van der Waals surface area contributed by atoms with Gasteiger partial charge in [0.25, 0.3) is 5.91 Å². The van der Waals surface area contributed by atoms with Crippen LogP contribution >= 0.6 is 11.8 Å². The van der Waals surface area contributed by atoms with Crippen molar-refractivity contribution in [2.45, 2.75) is 70.1 Å². The van der Waals surface area contributed by atoms with Crippen molar-refractivity contribution >= 4 is 29.4 Å². The van der Waals surface area contributed by atoms with Gasteiger partial charge < -0.3 is 10.0 Å². The highest BCUT2D eigenvalue weighted by Crippen LogP contribution is 2.44. The fourth-order valence-corrected chi connectivity index (χ4v) is 5.26. The van der Waals surface area contributed by atoms with E-state index in [0.717, 1.165) is 33.7 Å². The van der Waals surface area contributed by atoms with Crippen LogP contribution in [0.4, 0.5) is 5.69 Å². The molecule has 2 aromatic carbocycles. The zero-order valence-corrected chi connectivity index (χ0v) is 22.0. The molecular formula is C27H33N5O2S. The van der Waals surface area contributed by atoms with Crippen molar-refractivity contribution in [2.75, 3.05) is 11.4 Å². The Balaban J connectivity index is 1.72. The predicted octanol–water partition coefficient (Wildman–Crippen LogP) is 5.61. The van der Waals surface area contributed by atoms with Gasteiger partial charge >= 0.3 is 0 Å². The highest BCUT2D eigenvalue weighted by Gasteiger charge is 2.30. The number of hydrogen-bond donors (Lipinski definition) is 2. The van der Waals surface area contributed by atoms with Crippen LogP contribution in [0.2, 0.25) is 0 Å². The number of H-pyrrole nitrogens is 1. The van der Waals surface area contributed by atoms with Crippen LogP contribution in [0.25, 0.3) is 6.08 Å². The van der Waals surface area contributed by atoms with Crippen molar-refractivity contribution in [3.05, 3.63) is 63.8 Å². The first-order valence-corrected chi connectivity index (χ1v) is 12.7. The first-order chi connectivity index (χ1) is 16.4. The molecule has 1 aliphatic heterocycles. The summed E-state index contributed by atoms with van der Waals surface area (Å²) in [7, 11) is 0. The Hall–Kier alpha value is -3.13. The second-order valence-corrected chi connectivity index (χ2v) is 12.0. The lowest BCUT2D eigenvalue weighted by atomic mass is 9.78. The minimum Gasteiger partial charge on any atom is -0.507 e. The third kappa shape index (κ3) is 5.42. The number of phenols is 1. The molecule has 0 atom stereocenters.